The first-order valence-corrected chi connectivity index (χ1v) is 7.34. The molecule has 2 rings (SSSR count). The molecule has 0 unspecified atom stereocenters. The monoisotopic (exact) mass is 295 g/mol. The van der Waals surface area contributed by atoms with Crippen LogP contribution in [-0.4, -0.2) is 39.3 Å². The van der Waals surface area contributed by atoms with E-state index in [-0.39, 0.29) is 5.97 Å². The molecule has 2 aromatic heterocycles. The van der Waals surface area contributed by atoms with Crippen LogP contribution in [0.5, 0.6) is 0 Å². The maximum absolute atomic E-state index is 11.2. The van der Waals surface area contributed by atoms with Gasteiger partial charge in [-0.1, -0.05) is 0 Å². The van der Waals surface area contributed by atoms with Crippen LogP contribution in [0.2, 0.25) is 0 Å². The molecular formula is C12H17N5O2S. The third-order valence-electron chi connectivity index (χ3n) is 2.55. The second-order valence-electron chi connectivity index (χ2n) is 4.06. The number of aryl methyl sites for hydroxylation is 1. The lowest BCUT2D eigenvalue weighted by Gasteiger charge is -2.00. The van der Waals surface area contributed by atoms with E-state index in [1.165, 1.54) is 17.7 Å². The van der Waals surface area contributed by atoms with Crippen molar-refractivity contribution >= 4 is 22.4 Å². The number of thiazole rings is 1. The van der Waals surface area contributed by atoms with Crippen molar-refractivity contribution in [3.05, 3.63) is 23.2 Å². The highest BCUT2D eigenvalue weighted by molar-refractivity contribution is 7.13. The van der Waals surface area contributed by atoms with Crippen molar-refractivity contribution in [1.29, 1.82) is 0 Å². The zero-order valence-electron chi connectivity index (χ0n) is 11.3. The minimum atomic E-state index is -0.180. The summed E-state index contributed by atoms with van der Waals surface area (Å²) in [6, 6.07) is 0. The Morgan fingerprint density at radius 3 is 3.15 bits per heavy atom. The lowest BCUT2D eigenvalue weighted by molar-refractivity contribution is -0.143. The van der Waals surface area contributed by atoms with Crippen LogP contribution in [0.4, 0.5) is 5.13 Å². The maximum Gasteiger partial charge on any atom is 0.306 e. The summed E-state index contributed by atoms with van der Waals surface area (Å²) in [5.41, 5.74) is 0.908. The molecule has 0 aliphatic rings. The normalized spacial score (nSPS) is 10.4. The SMILES string of the molecule is CCOC(=O)CCc1csc(NCCc2ncn[nH]2)n1. The molecule has 0 atom stereocenters. The van der Waals surface area contributed by atoms with Crippen LogP contribution in [0.1, 0.15) is 24.9 Å². The van der Waals surface area contributed by atoms with Crippen LogP contribution < -0.4 is 5.32 Å². The number of esters is 1. The Kier molecular flexibility index (Phi) is 5.48. The molecule has 0 aliphatic heterocycles. The number of nitrogens with one attached hydrogen (secondary N) is 2. The third kappa shape index (κ3) is 4.61. The Balaban J connectivity index is 1.70. The van der Waals surface area contributed by atoms with Gasteiger partial charge in [0.05, 0.1) is 18.7 Å². The van der Waals surface area contributed by atoms with E-state index in [0.717, 1.165) is 29.6 Å². The number of hydrogen-bond acceptors (Lipinski definition) is 7. The van der Waals surface area contributed by atoms with E-state index in [9.17, 15) is 4.79 Å². The van der Waals surface area contributed by atoms with Gasteiger partial charge in [-0.05, 0) is 6.92 Å². The van der Waals surface area contributed by atoms with Crippen molar-refractivity contribution in [3.8, 4) is 0 Å². The number of carbonyl (C=O) groups excluding carboxylic acids is 1. The molecule has 2 N–H and O–H groups in total. The van der Waals surface area contributed by atoms with Gasteiger partial charge in [0, 0.05) is 24.8 Å². The van der Waals surface area contributed by atoms with Gasteiger partial charge in [-0.25, -0.2) is 9.97 Å². The van der Waals surface area contributed by atoms with Gasteiger partial charge in [-0.15, -0.1) is 11.3 Å². The Morgan fingerprint density at radius 1 is 1.50 bits per heavy atom. The van der Waals surface area contributed by atoms with E-state index in [1.54, 1.807) is 6.92 Å². The van der Waals surface area contributed by atoms with E-state index in [1.807, 2.05) is 5.38 Å². The van der Waals surface area contributed by atoms with Crippen molar-refractivity contribution in [3.63, 3.8) is 0 Å². The average Bonchev–Trinajstić information content (AvgIpc) is 3.08. The van der Waals surface area contributed by atoms with Crippen LogP contribution in [0.15, 0.2) is 11.7 Å². The van der Waals surface area contributed by atoms with Gasteiger partial charge in [0.15, 0.2) is 5.13 Å². The van der Waals surface area contributed by atoms with E-state index in [2.05, 4.69) is 25.5 Å². The lowest BCUT2D eigenvalue weighted by atomic mass is 10.2. The molecule has 0 fully saturated rings. The first-order chi connectivity index (χ1) is 9.78. The molecule has 20 heavy (non-hydrogen) atoms. The molecule has 0 saturated heterocycles. The zero-order chi connectivity index (χ0) is 14.2. The van der Waals surface area contributed by atoms with Crippen molar-refractivity contribution in [2.45, 2.75) is 26.2 Å². The molecule has 7 nitrogen and oxygen atoms in total. The Hall–Kier alpha value is -1.96. The second-order valence-corrected chi connectivity index (χ2v) is 4.92. The molecule has 0 aliphatic carbocycles. The van der Waals surface area contributed by atoms with E-state index < -0.39 is 0 Å². The number of ether oxygens (including phenoxy) is 1. The third-order valence-corrected chi connectivity index (χ3v) is 3.39. The van der Waals surface area contributed by atoms with Crippen LogP contribution in [0.25, 0.3) is 0 Å². The van der Waals surface area contributed by atoms with Gasteiger partial charge >= 0.3 is 5.97 Å². The molecule has 0 aromatic carbocycles. The quantitative estimate of drug-likeness (QED) is 0.715. The molecule has 108 valence electrons. The standard InChI is InChI=1S/C12H17N5O2S/c1-2-19-11(18)4-3-9-7-20-12(16-9)13-6-5-10-14-8-15-17-10/h7-8H,2-6H2,1H3,(H,13,16)(H,14,15,17). The summed E-state index contributed by atoms with van der Waals surface area (Å²) in [5, 5.41) is 12.6. The van der Waals surface area contributed by atoms with Gasteiger partial charge in [-0.2, -0.15) is 5.10 Å². The summed E-state index contributed by atoms with van der Waals surface area (Å²) in [6.07, 6.45) is 3.23. The number of hydrogen-bond donors (Lipinski definition) is 2. The van der Waals surface area contributed by atoms with Crippen molar-refractivity contribution in [2.75, 3.05) is 18.5 Å². The predicted molar refractivity (Wildman–Crippen MR) is 75.6 cm³/mol. The smallest absolute Gasteiger partial charge is 0.306 e. The summed E-state index contributed by atoms with van der Waals surface area (Å²) < 4.78 is 4.88. The average molecular weight is 295 g/mol. The van der Waals surface area contributed by atoms with Gasteiger partial charge in [0.1, 0.15) is 12.2 Å². The highest BCUT2D eigenvalue weighted by Gasteiger charge is 2.06. The van der Waals surface area contributed by atoms with E-state index in [4.69, 9.17) is 4.74 Å². The largest absolute Gasteiger partial charge is 0.466 e. The first kappa shape index (κ1) is 14.4. The minimum Gasteiger partial charge on any atom is -0.466 e. The van der Waals surface area contributed by atoms with E-state index >= 15 is 0 Å². The van der Waals surface area contributed by atoms with Crippen LogP contribution in [0, 0.1) is 0 Å². The van der Waals surface area contributed by atoms with Gasteiger partial charge < -0.3 is 10.1 Å². The number of rotatable bonds is 8. The number of H-pyrrole nitrogens is 1. The van der Waals surface area contributed by atoms with Gasteiger partial charge in [0.25, 0.3) is 0 Å². The molecule has 0 radical (unpaired) electrons. The van der Waals surface area contributed by atoms with Crippen molar-refractivity contribution in [2.24, 2.45) is 0 Å². The number of anilines is 1. The fraction of sp³-hybridized carbons (Fsp3) is 0.500. The van der Waals surface area contributed by atoms with Gasteiger partial charge in [-0.3, -0.25) is 9.89 Å². The Morgan fingerprint density at radius 2 is 2.40 bits per heavy atom. The van der Waals surface area contributed by atoms with Gasteiger partial charge in [0.2, 0.25) is 0 Å². The summed E-state index contributed by atoms with van der Waals surface area (Å²) in [7, 11) is 0. The number of carbonyl (C=O) groups is 1. The highest BCUT2D eigenvalue weighted by Crippen LogP contribution is 2.16. The topological polar surface area (TPSA) is 92.8 Å². The minimum absolute atomic E-state index is 0.180. The summed E-state index contributed by atoms with van der Waals surface area (Å²) in [4.78, 5) is 19.7. The van der Waals surface area contributed by atoms with Crippen LogP contribution in [-0.2, 0) is 22.4 Å². The maximum atomic E-state index is 11.2. The Bertz CT molecular complexity index is 526. The van der Waals surface area contributed by atoms with Crippen LogP contribution in [0.3, 0.4) is 0 Å². The summed E-state index contributed by atoms with van der Waals surface area (Å²) in [6.45, 7) is 2.96. The molecule has 0 amide bonds. The number of aromatic amines is 1. The highest BCUT2D eigenvalue weighted by atomic mass is 32.1. The molecule has 2 heterocycles. The molecule has 8 heteroatoms. The fourth-order valence-electron chi connectivity index (χ4n) is 1.61. The molecule has 0 spiro atoms. The number of nitrogens with zero attached hydrogens (tertiary/aromatic N) is 3. The second kappa shape index (κ2) is 7.59. The van der Waals surface area contributed by atoms with Crippen molar-refractivity contribution in [1.82, 2.24) is 20.2 Å². The summed E-state index contributed by atoms with van der Waals surface area (Å²) in [5.74, 6) is 0.664. The molecule has 2 aromatic rings. The predicted octanol–water partition coefficient (Wildman–Crippen LogP) is 1.41. The Labute approximate surface area is 120 Å². The molecule has 0 bridgehead atoms. The first-order valence-electron chi connectivity index (χ1n) is 6.46. The van der Waals surface area contributed by atoms with Crippen molar-refractivity contribution < 1.29 is 9.53 Å². The van der Waals surface area contributed by atoms with E-state index in [0.29, 0.717) is 19.4 Å². The lowest BCUT2D eigenvalue weighted by Crippen LogP contribution is -2.07. The zero-order valence-corrected chi connectivity index (χ0v) is 12.1. The fourth-order valence-corrected chi connectivity index (χ4v) is 2.38. The summed E-state index contributed by atoms with van der Waals surface area (Å²) >= 11 is 1.53. The van der Waals surface area contributed by atoms with Crippen LogP contribution >= 0.6 is 11.3 Å². The number of aromatic nitrogens is 4. The molecular weight excluding hydrogens is 278 g/mol. The molecule has 0 saturated carbocycles.